The van der Waals surface area contributed by atoms with E-state index in [4.69, 9.17) is 4.99 Å². The van der Waals surface area contributed by atoms with Crippen LogP contribution in [0.2, 0.25) is 0 Å². The molecule has 7 heteroatoms. The molecule has 1 saturated heterocycles. The summed E-state index contributed by atoms with van der Waals surface area (Å²) < 4.78 is 1.97. The van der Waals surface area contributed by atoms with Gasteiger partial charge in [0.2, 0.25) is 5.96 Å². The number of guanidine groups is 1. The van der Waals surface area contributed by atoms with Crippen molar-refractivity contribution in [1.82, 2.24) is 19.8 Å². The Kier molecular flexibility index (Phi) is 3.59. The topological polar surface area (TPSA) is 82.8 Å². The number of nitrogens with one attached hydrogen (secondary N) is 1. The summed E-state index contributed by atoms with van der Waals surface area (Å²) in [5, 5.41) is 14.3. The van der Waals surface area contributed by atoms with E-state index in [1.807, 2.05) is 35.9 Å². The molecule has 5 aliphatic rings. The van der Waals surface area contributed by atoms with Crippen molar-refractivity contribution in [2.75, 3.05) is 7.05 Å². The molecule has 4 saturated carbocycles. The Morgan fingerprint density at radius 2 is 2.00 bits per heavy atom. The fourth-order valence-corrected chi connectivity index (χ4v) is 6.66. The number of aliphatic imine (C=N–C) groups is 1. The van der Waals surface area contributed by atoms with Crippen LogP contribution in [0.15, 0.2) is 35.2 Å². The Bertz CT molecular complexity index is 1120. The number of amides is 1. The molecule has 30 heavy (non-hydrogen) atoms. The van der Waals surface area contributed by atoms with Gasteiger partial charge in [0.15, 0.2) is 0 Å². The van der Waals surface area contributed by atoms with Crippen LogP contribution in [0.5, 0.6) is 0 Å². The molecule has 1 aliphatic heterocycles. The summed E-state index contributed by atoms with van der Waals surface area (Å²) >= 11 is 0. The lowest BCUT2D eigenvalue weighted by Gasteiger charge is -2.58. The Balaban J connectivity index is 1.32. The number of carbonyl (C=O) groups excluding carboxylic acids is 1. The number of likely N-dealkylation sites (N-methyl/N-ethyl adjacent to an activating group) is 1. The zero-order valence-corrected chi connectivity index (χ0v) is 17.4. The number of fused-ring (bicyclic) bond motifs is 1. The molecule has 2 N–H and O–H groups in total. The van der Waals surface area contributed by atoms with Gasteiger partial charge in [-0.15, -0.1) is 0 Å². The molecule has 7 rings (SSSR count). The molecule has 4 bridgehead atoms. The maximum Gasteiger partial charge on any atom is 0.276 e. The normalized spacial score (nSPS) is 37.7. The van der Waals surface area contributed by atoms with Gasteiger partial charge < -0.3 is 15.0 Å². The summed E-state index contributed by atoms with van der Waals surface area (Å²) in [6.07, 6.45) is 9.49. The minimum atomic E-state index is -0.563. The molecule has 0 spiro atoms. The first-order valence-electron chi connectivity index (χ1n) is 10.8. The van der Waals surface area contributed by atoms with Crippen molar-refractivity contribution < 1.29 is 9.90 Å². The van der Waals surface area contributed by atoms with E-state index in [1.165, 1.54) is 6.42 Å². The van der Waals surface area contributed by atoms with Gasteiger partial charge in [-0.05, 0) is 67.7 Å². The summed E-state index contributed by atoms with van der Waals surface area (Å²) in [7, 11) is 3.73. The standard InChI is InChI=1S/C23H27N5O2/c1-27-13-24-17-4-3-14(7-19(17)27)6-18-20(29)28(2)21(25-18)26-22-8-15-5-16(9-22)11-23(30,10-15)12-22/h3-4,6-7,13,15-16,30H,5,8-12H2,1-2H3,(H,25,26)/b18-6-. The van der Waals surface area contributed by atoms with Crippen LogP contribution < -0.4 is 5.32 Å². The minimum Gasteiger partial charge on any atom is -0.390 e. The molecule has 2 unspecified atom stereocenters. The van der Waals surface area contributed by atoms with Crippen LogP contribution in [0, 0.1) is 11.8 Å². The van der Waals surface area contributed by atoms with Crippen LogP contribution in [0.25, 0.3) is 17.1 Å². The fraction of sp³-hybridized carbons (Fsp3) is 0.522. The Morgan fingerprint density at radius 3 is 2.73 bits per heavy atom. The molecule has 2 aromatic rings. The van der Waals surface area contributed by atoms with Crippen LogP contribution in [0.1, 0.15) is 44.1 Å². The quantitative estimate of drug-likeness (QED) is 0.752. The third kappa shape index (κ3) is 2.71. The molecule has 5 fully saturated rings. The number of aliphatic hydroxyl groups is 1. The Morgan fingerprint density at radius 1 is 1.23 bits per heavy atom. The van der Waals surface area contributed by atoms with Gasteiger partial charge in [0, 0.05) is 20.5 Å². The zero-order chi connectivity index (χ0) is 20.7. The average molecular weight is 406 g/mol. The molecular weight excluding hydrogens is 378 g/mol. The van der Waals surface area contributed by atoms with Crippen molar-refractivity contribution in [3.63, 3.8) is 0 Å². The molecule has 1 aromatic heterocycles. The lowest BCUT2D eigenvalue weighted by Crippen LogP contribution is -2.58. The van der Waals surface area contributed by atoms with Crippen LogP contribution in [0.4, 0.5) is 0 Å². The number of nitrogens with zero attached hydrogens (tertiary/aromatic N) is 4. The van der Waals surface area contributed by atoms with Crippen LogP contribution in [-0.4, -0.2) is 49.6 Å². The number of aryl methyl sites for hydroxylation is 1. The fourth-order valence-electron chi connectivity index (χ4n) is 6.66. The van der Waals surface area contributed by atoms with Gasteiger partial charge in [-0.2, -0.15) is 0 Å². The lowest BCUT2D eigenvalue weighted by molar-refractivity contribution is -0.132. The van der Waals surface area contributed by atoms with Gasteiger partial charge >= 0.3 is 0 Å². The van der Waals surface area contributed by atoms with E-state index < -0.39 is 5.60 Å². The molecular formula is C23H27N5O2. The molecule has 156 valence electrons. The van der Waals surface area contributed by atoms with Crippen LogP contribution in [-0.2, 0) is 11.8 Å². The number of aromatic nitrogens is 2. The first-order chi connectivity index (χ1) is 14.3. The number of imidazole rings is 1. The highest BCUT2D eigenvalue weighted by molar-refractivity contribution is 6.15. The summed E-state index contributed by atoms with van der Waals surface area (Å²) in [6, 6.07) is 5.98. The number of carbonyl (C=O) groups is 1. The van der Waals surface area contributed by atoms with Gasteiger partial charge in [0.25, 0.3) is 5.91 Å². The summed E-state index contributed by atoms with van der Waals surface area (Å²) in [5.41, 5.74) is 2.64. The number of hydrogen-bond donors (Lipinski definition) is 2. The smallest absolute Gasteiger partial charge is 0.276 e. The van der Waals surface area contributed by atoms with Crippen molar-refractivity contribution >= 4 is 29.0 Å². The van der Waals surface area contributed by atoms with Gasteiger partial charge in [-0.1, -0.05) is 6.07 Å². The summed E-state index contributed by atoms with van der Waals surface area (Å²) in [4.78, 5) is 23.9. The predicted octanol–water partition coefficient (Wildman–Crippen LogP) is 2.42. The summed E-state index contributed by atoms with van der Waals surface area (Å²) in [5.74, 6) is 1.65. The zero-order valence-electron chi connectivity index (χ0n) is 17.4. The highest BCUT2D eigenvalue weighted by atomic mass is 16.3. The van der Waals surface area contributed by atoms with Crippen LogP contribution in [0.3, 0.4) is 0 Å². The third-order valence-corrected chi connectivity index (χ3v) is 7.50. The summed E-state index contributed by atoms with van der Waals surface area (Å²) in [6.45, 7) is 0. The van der Waals surface area contributed by atoms with Crippen molar-refractivity contribution in [2.45, 2.75) is 49.7 Å². The van der Waals surface area contributed by atoms with E-state index in [-0.39, 0.29) is 11.4 Å². The first kappa shape index (κ1) is 18.1. The second-order valence-electron chi connectivity index (χ2n) is 10.00. The highest BCUT2D eigenvalue weighted by Gasteiger charge is 2.57. The monoisotopic (exact) mass is 405 g/mol. The molecule has 4 aliphatic carbocycles. The van der Waals surface area contributed by atoms with Crippen LogP contribution >= 0.6 is 0 Å². The van der Waals surface area contributed by atoms with Gasteiger partial charge in [0.05, 0.1) is 28.5 Å². The van der Waals surface area contributed by atoms with Gasteiger partial charge in [0.1, 0.15) is 5.70 Å². The molecule has 7 nitrogen and oxygen atoms in total. The molecule has 1 amide bonds. The first-order valence-corrected chi connectivity index (χ1v) is 10.8. The average Bonchev–Trinajstić information content (AvgIpc) is 3.15. The number of hydrogen-bond acceptors (Lipinski definition) is 4. The number of rotatable bonds is 2. The maximum atomic E-state index is 12.9. The van der Waals surface area contributed by atoms with E-state index >= 15 is 0 Å². The van der Waals surface area contributed by atoms with Gasteiger partial charge in [-0.3, -0.25) is 9.69 Å². The second-order valence-corrected chi connectivity index (χ2v) is 10.00. The Labute approximate surface area is 175 Å². The van der Waals surface area contributed by atoms with E-state index in [0.29, 0.717) is 23.5 Å². The van der Waals surface area contributed by atoms with Crippen molar-refractivity contribution in [3.05, 3.63) is 35.8 Å². The second kappa shape index (κ2) is 5.94. The molecule has 2 atom stereocenters. The van der Waals surface area contributed by atoms with Gasteiger partial charge in [-0.25, -0.2) is 9.98 Å². The highest BCUT2D eigenvalue weighted by Crippen LogP contribution is 2.59. The predicted molar refractivity (Wildman–Crippen MR) is 114 cm³/mol. The number of benzene rings is 1. The van der Waals surface area contributed by atoms with E-state index in [9.17, 15) is 9.90 Å². The lowest BCUT2D eigenvalue weighted by atomic mass is 9.51. The largest absolute Gasteiger partial charge is 0.390 e. The maximum absolute atomic E-state index is 12.9. The van der Waals surface area contributed by atoms with E-state index in [0.717, 1.165) is 48.7 Å². The van der Waals surface area contributed by atoms with Crippen molar-refractivity contribution in [2.24, 2.45) is 23.9 Å². The third-order valence-electron chi connectivity index (χ3n) is 7.50. The molecule has 1 aromatic carbocycles. The minimum absolute atomic E-state index is 0.0812. The SMILES string of the molecule is CN1C(=O)/C(=C/c2ccc3ncn(C)c3c2)NC1=NC12CC3CC(CC(O)(C3)C1)C2. The van der Waals surface area contributed by atoms with E-state index in [2.05, 4.69) is 10.3 Å². The Hall–Kier alpha value is -2.67. The van der Waals surface area contributed by atoms with Crippen molar-refractivity contribution in [3.8, 4) is 0 Å². The molecule has 2 heterocycles. The van der Waals surface area contributed by atoms with E-state index in [1.54, 1.807) is 18.3 Å². The van der Waals surface area contributed by atoms with Crippen molar-refractivity contribution in [1.29, 1.82) is 0 Å². The molecule has 0 radical (unpaired) electrons.